The monoisotopic (exact) mass is 450 g/mol. The van der Waals surface area contributed by atoms with E-state index in [0.29, 0.717) is 13.1 Å². The number of benzene rings is 1. The topological polar surface area (TPSA) is 79.6 Å². The van der Waals surface area contributed by atoms with Gasteiger partial charge >= 0.3 is 0 Å². The van der Waals surface area contributed by atoms with Crippen LogP contribution in [0.5, 0.6) is 0 Å². The van der Waals surface area contributed by atoms with Gasteiger partial charge in [-0.3, -0.25) is 10.1 Å². The molecule has 0 atom stereocenters. The molecule has 0 unspecified atom stereocenters. The first kappa shape index (κ1) is 21.7. The van der Waals surface area contributed by atoms with Crippen molar-refractivity contribution in [3.63, 3.8) is 0 Å². The largest absolute Gasteiger partial charge is 0.356 e. The molecule has 0 aliphatic carbocycles. The van der Waals surface area contributed by atoms with Gasteiger partial charge in [0, 0.05) is 25.2 Å². The summed E-state index contributed by atoms with van der Waals surface area (Å²) in [6.45, 7) is 5.62. The second-order valence-corrected chi connectivity index (χ2v) is 5.52. The highest BCUT2D eigenvalue weighted by molar-refractivity contribution is 14.0. The molecule has 1 aromatic carbocycles. The Labute approximate surface area is 158 Å². The third-order valence-electron chi connectivity index (χ3n) is 2.80. The number of thioether (sulfide) groups is 1. The summed E-state index contributed by atoms with van der Waals surface area (Å²) in [5, 5.41) is 17.0. The molecule has 0 spiro atoms. The van der Waals surface area contributed by atoms with E-state index in [0.717, 1.165) is 30.2 Å². The van der Waals surface area contributed by atoms with Crippen LogP contribution in [0.25, 0.3) is 0 Å². The van der Waals surface area contributed by atoms with Gasteiger partial charge in [-0.05, 0) is 24.0 Å². The Hall–Kier alpha value is -1.29. The summed E-state index contributed by atoms with van der Waals surface area (Å²) in [5.74, 6) is 1.82. The Morgan fingerprint density at radius 2 is 2.09 bits per heavy atom. The third-order valence-corrected chi connectivity index (χ3v) is 3.50. The Balaban J connectivity index is 0.00000484. The number of guanidine groups is 1. The summed E-state index contributed by atoms with van der Waals surface area (Å²) in [7, 11) is 0. The van der Waals surface area contributed by atoms with Gasteiger partial charge in [0.1, 0.15) is 0 Å². The molecule has 0 saturated heterocycles. The van der Waals surface area contributed by atoms with Crippen molar-refractivity contribution in [3.8, 4) is 0 Å². The van der Waals surface area contributed by atoms with Crippen LogP contribution in [0.2, 0.25) is 0 Å². The highest BCUT2D eigenvalue weighted by atomic mass is 127. The predicted octanol–water partition coefficient (Wildman–Crippen LogP) is 3.19. The van der Waals surface area contributed by atoms with Crippen LogP contribution >= 0.6 is 35.7 Å². The van der Waals surface area contributed by atoms with Crippen LogP contribution in [0.15, 0.2) is 41.9 Å². The first-order valence-electron chi connectivity index (χ1n) is 7.02. The van der Waals surface area contributed by atoms with E-state index in [4.69, 9.17) is 0 Å². The Morgan fingerprint density at radius 3 is 2.65 bits per heavy atom. The average molecular weight is 450 g/mol. The van der Waals surface area contributed by atoms with Crippen LogP contribution in [-0.2, 0) is 6.54 Å². The first-order valence-corrected chi connectivity index (χ1v) is 8.42. The fourth-order valence-electron chi connectivity index (χ4n) is 1.66. The lowest BCUT2D eigenvalue weighted by atomic mass is 10.2. The molecule has 2 N–H and O–H groups in total. The molecule has 0 aromatic heterocycles. The minimum atomic E-state index is -0.405. The van der Waals surface area contributed by atoms with Gasteiger partial charge in [0.2, 0.25) is 0 Å². The van der Waals surface area contributed by atoms with Gasteiger partial charge in [-0.1, -0.05) is 18.2 Å². The number of halogens is 1. The smallest absolute Gasteiger partial charge is 0.269 e. The maximum absolute atomic E-state index is 10.6. The summed E-state index contributed by atoms with van der Waals surface area (Å²) in [6, 6.07) is 6.43. The van der Waals surface area contributed by atoms with Crippen molar-refractivity contribution in [2.75, 3.05) is 25.1 Å². The minimum Gasteiger partial charge on any atom is -0.356 e. The maximum atomic E-state index is 10.6. The van der Waals surface area contributed by atoms with Crippen molar-refractivity contribution in [2.24, 2.45) is 4.99 Å². The van der Waals surface area contributed by atoms with E-state index < -0.39 is 4.92 Å². The Bertz CT molecular complexity index is 509. The van der Waals surface area contributed by atoms with Crippen LogP contribution in [0.1, 0.15) is 12.0 Å². The third kappa shape index (κ3) is 9.44. The molecule has 6 nitrogen and oxygen atoms in total. The molecular formula is C15H23IN4O2S. The van der Waals surface area contributed by atoms with E-state index in [1.54, 1.807) is 18.2 Å². The second-order valence-electron chi connectivity index (χ2n) is 4.53. The van der Waals surface area contributed by atoms with Crippen LogP contribution in [0.3, 0.4) is 0 Å². The van der Waals surface area contributed by atoms with Crippen molar-refractivity contribution < 1.29 is 4.92 Å². The highest BCUT2D eigenvalue weighted by Crippen LogP contribution is 2.12. The van der Waals surface area contributed by atoms with Crippen molar-refractivity contribution in [1.29, 1.82) is 0 Å². The van der Waals surface area contributed by atoms with Gasteiger partial charge in [0.05, 0.1) is 11.5 Å². The normalized spacial score (nSPS) is 10.6. The molecule has 0 aliphatic rings. The first-order chi connectivity index (χ1) is 10.7. The van der Waals surface area contributed by atoms with Gasteiger partial charge < -0.3 is 10.6 Å². The quantitative estimate of drug-likeness (QED) is 0.115. The molecule has 0 amide bonds. The standard InChI is InChI=1S/C15H22N4O2S.HI/c1-3-9-16-15(17-10-4-11-22-2)18-12-13-5-7-14(8-6-13)19(20)21;/h3,5-8H,1,4,9-12H2,2H3,(H2,16,17,18);1H. The SMILES string of the molecule is C=CCNC(=NCc1ccc([N+](=O)[O-])cc1)NCCCSC.I. The molecule has 23 heavy (non-hydrogen) atoms. The Kier molecular flexibility index (Phi) is 12.4. The number of hydrogen-bond acceptors (Lipinski definition) is 4. The maximum Gasteiger partial charge on any atom is 0.269 e. The fourth-order valence-corrected chi connectivity index (χ4v) is 2.09. The van der Waals surface area contributed by atoms with Crippen LogP contribution in [-0.4, -0.2) is 36.0 Å². The van der Waals surface area contributed by atoms with Gasteiger partial charge in [-0.15, -0.1) is 30.6 Å². The van der Waals surface area contributed by atoms with E-state index in [9.17, 15) is 10.1 Å². The molecule has 0 radical (unpaired) electrons. The van der Waals surface area contributed by atoms with E-state index in [1.807, 2.05) is 11.8 Å². The number of nitro benzene ring substituents is 1. The predicted molar refractivity (Wildman–Crippen MR) is 109 cm³/mol. The number of hydrogen-bond donors (Lipinski definition) is 2. The lowest BCUT2D eigenvalue weighted by molar-refractivity contribution is -0.384. The van der Waals surface area contributed by atoms with Crippen LogP contribution in [0, 0.1) is 10.1 Å². The molecular weight excluding hydrogens is 427 g/mol. The number of nitro groups is 1. The second kappa shape index (κ2) is 13.2. The lowest BCUT2D eigenvalue weighted by Crippen LogP contribution is -2.38. The number of nitrogens with zero attached hydrogens (tertiary/aromatic N) is 2. The van der Waals surface area contributed by atoms with Gasteiger partial charge in [0.15, 0.2) is 5.96 Å². The molecule has 0 saturated carbocycles. The molecule has 8 heteroatoms. The fraction of sp³-hybridized carbons (Fsp3) is 0.400. The summed E-state index contributed by atoms with van der Waals surface area (Å²) in [5.41, 5.74) is 1.02. The van der Waals surface area contributed by atoms with E-state index in [1.165, 1.54) is 12.1 Å². The number of nitrogens with one attached hydrogen (secondary N) is 2. The minimum absolute atomic E-state index is 0. The number of rotatable bonds is 9. The highest BCUT2D eigenvalue weighted by Gasteiger charge is 2.03. The van der Waals surface area contributed by atoms with Crippen LogP contribution < -0.4 is 10.6 Å². The summed E-state index contributed by atoms with van der Waals surface area (Å²) >= 11 is 1.81. The zero-order valence-corrected chi connectivity index (χ0v) is 16.3. The molecule has 0 heterocycles. The van der Waals surface area contributed by atoms with Gasteiger partial charge in [-0.25, -0.2) is 4.99 Å². The molecule has 0 fully saturated rings. The molecule has 0 aliphatic heterocycles. The van der Waals surface area contributed by atoms with Crippen molar-refractivity contribution in [2.45, 2.75) is 13.0 Å². The average Bonchev–Trinajstić information content (AvgIpc) is 2.53. The van der Waals surface area contributed by atoms with Crippen molar-refractivity contribution in [1.82, 2.24) is 10.6 Å². The van der Waals surface area contributed by atoms with Crippen molar-refractivity contribution >= 4 is 47.4 Å². The molecule has 0 bridgehead atoms. The van der Waals surface area contributed by atoms with E-state index in [2.05, 4.69) is 28.5 Å². The van der Waals surface area contributed by atoms with Crippen molar-refractivity contribution in [3.05, 3.63) is 52.6 Å². The summed E-state index contributed by atoms with van der Waals surface area (Å²) in [6.07, 6.45) is 4.91. The molecule has 128 valence electrons. The zero-order valence-electron chi connectivity index (χ0n) is 13.2. The summed E-state index contributed by atoms with van der Waals surface area (Å²) < 4.78 is 0. The summed E-state index contributed by atoms with van der Waals surface area (Å²) in [4.78, 5) is 14.7. The lowest BCUT2D eigenvalue weighted by Gasteiger charge is -2.11. The number of aliphatic imine (C=N–C) groups is 1. The molecule has 1 rings (SSSR count). The van der Waals surface area contributed by atoms with E-state index >= 15 is 0 Å². The Morgan fingerprint density at radius 1 is 1.39 bits per heavy atom. The van der Waals surface area contributed by atoms with E-state index in [-0.39, 0.29) is 29.7 Å². The van der Waals surface area contributed by atoms with Gasteiger partial charge in [0.25, 0.3) is 5.69 Å². The molecule has 1 aromatic rings. The zero-order chi connectivity index (χ0) is 16.2. The van der Waals surface area contributed by atoms with Crippen LogP contribution in [0.4, 0.5) is 5.69 Å². The number of non-ortho nitro benzene ring substituents is 1. The van der Waals surface area contributed by atoms with Gasteiger partial charge in [-0.2, -0.15) is 11.8 Å².